The van der Waals surface area contributed by atoms with Gasteiger partial charge in [-0.1, -0.05) is 13.0 Å². The van der Waals surface area contributed by atoms with Gasteiger partial charge >= 0.3 is 0 Å². The number of hydrogen-bond donors (Lipinski definition) is 2. The molecule has 8 nitrogen and oxygen atoms in total. The van der Waals surface area contributed by atoms with E-state index in [4.69, 9.17) is 4.74 Å². The van der Waals surface area contributed by atoms with Gasteiger partial charge in [0.25, 0.3) is 5.91 Å². The van der Waals surface area contributed by atoms with E-state index >= 15 is 0 Å². The maximum atomic E-state index is 14.0. The second kappa shape index (κ2) is 9.54. The van der Waals surface area contributed by atoms with Crippen LogP contribution < -0.4 is 10.1 Å². The van der Waals surface area contributed by atoms with Crippen LogP contribution in [-0.2, 0) is 14.4 Å². The summed E-state index contributed by atoms with van der Waals surface area (Å²) in [6, 6.07) is 6.13. The van der Waals surface area contributed by atoms with E-state index in [2.05, 4.69) is 10.3 Å². The molecule has 8 heteroatoms. The molecule has 5 atom stereocenters. The number of amides is 2. The van der Waals surface area contributed by atoms with Crippen molar-refractivity contribution in [3.05, 3.63) is 30.0 Å². The highest BCUT2D eigenvalue weighted by molar-refractivity contribution is 6.02. The van der Waals surface area contributed by atoms with Crippen LogP contribution in [0.4, 0.5) is 0 Å². The number of rotatable bonds is 8. The van der Waals surface area contributed by atoms with Crippen molar-refractivity contribution in [2.75, 3.05) is 13.7 Å². The first-order valence-corrected chi connectivity index (χ1v) is 14.1. The number of likely N-dealkylation sites (tertiary alicyclic amines) is 1. The Morgan fingerprint density at radius 3 is 2.74 bits per heavy atom. The van der Waals surface area contributed by atoms with Crippen LogP contribution in [0.1, 0.15) is 75.2 Å². The molecule has 0 radical (unpaired) electrons. The van der Waals surface area contributed by atoms with E-state index in [0.717, 1.165) is 36.6 Å². The lowest BCUT2D eigenvalue weighted by atomic mass is 9.91. The zero-order chi connectivity index (χ0) is 26.6. The first-order valence-electron chi connectivity index (χ1n) is 14.1. The summed E-state index contributed by atoms with van der Waals surface area (Å²) in [4.78, 5) is 58.0. The zero-order valence-corrected chi connectivity index (χ0v) is 22.3. The summed E-state index contributed by atoms with van der Waals surface area (Å²) >= 11 is 0. The highest BCUT2D eigenvalue weighted by Crippen LogP contribution is 2.64. The number of nitrogens with one attached hydrogen (secondary N) is 2. The molecule has 2 aromatic rings. The third-order valence-electron chi connectivity index (χ3n) is 9.71. The minimum atomic E-state index is -0.691. The summed E-state index contributed by atoms with van der Waals surface area (Å²) in [5.41, 5.74) is 1.58. The van der Waals surface area contributed by atoms with Gasteiger partial charge in [0.05, 0.1) is 13.2 Å². The van der Waals surface area contributed by atoms with E-state index < -0.39 is 12.1 Å². The van der Waals surface area contributed by atoms with Crippen LogP contribution in [0.15, 0.2) is 24.3 Å². The number of Topliss-reactive ketones (excluding diaryl/α,β-unsaturated/α-hetero) is 2. The number of aromatic nitrogens is 1. The second-order valence-electron chi connectivity index (χ2n) is 12.0. The lowest BCUT2D eigenvalue weighted by molar-refractivity contribution is -0.132. The van der Waals surface area contributed by atoms with Crippen molar-refractivity contribution < 1.29 is 23.9 Å². The molecule has 2 N–H and O–H groups in total. The second-order valence-corrected chi connectivity index (χ2v) is 12.0. The first-order chi connectivity index (χ1) is 18.3. The molecule has 2 amide bonds. The molecule has 4 fully saturated rings. The number of benzene rings is 1. The fourth-order valence-corrected chi connectivity index (χ4v) is 7.53. The molecule has 3 aliphatic carbocycles. The molecule has 1 spiro atoms. The number of ketones is 2. The number of carbonyl (C=O) groups is 4. The van der Waals surface area contributed by atoms with Crippen molar-refractivity contribution in [3.8, 4) is 5.75 Å². The number of carbonyl (C=O) groups excluding carboxylic acids is 4. The molecule has 1 aromatic carbocycles. The molecule has 38 heavy (non-hydrogen) atoms. The van der Waals surface area contributed by atoms with E-state index in [-0.39, 0.29) is 41.1 Å². The lowest BCUT2D eigenvalue weighted by Gasteiger charge is -2.30. The molecule has 1 aliphatic heterocycles. The van der Waals surface area contributed by atoms with Gasteiger partial charge in [-0.25, -0.2) is 0 Å². The molecule has 1 saturated heterocycles. The average Bonchev–Trinajstić information content (AvgIpc) is 3.24. The predicted octanol–water partition coefficient (Wildman–Crippen LogP) is 4.03. The highest BCUT2D eigenvalue weighted by Gasteiger charge is 2.60. The van der Waals surface area contributed by atoms with Gasteiger partial charge in [-0.3, -0.25) is 19.2 Å². The summed E-state index contributed by atoms with van der Waals surface area (Å²) in [5.74, 6) is 0.556. The monoisotopic (exact) mass is 519 g/mol. The number of nitrogens with zero attached hydrogens (tertiary/aromatic N) is 1. The number of fused-ring (bicyclic) bond motifs is 2. The van der Waals surface area contributed by atoms with Crippen molar-refractivity contribution in [1.82, 2.24) is 15.2 Å². The Balaban J connectivity index is 1.27. The molecular weight excluding hydrogens is 482 g/mol. The molecule has 4 aliphatic rings. The van der Waals surface area contributed by atoms with Crippen LogP contribution in [-0.4, -0.2) is 59.0 Å². The van der Waals surface area contributed by atoms with Crippen LogP contribution in [0, 0.1) is 23.2 Å². The lowest BCUT2D eigenvalue weighted by Crippen LogP contribution is -2.53. The van der Waals surface area contributed by atoms with Crippen molar-refractivity contribution >= 4 is 34.3 Å². The molecule has 1 aromatic heterocycles. The molecule has 0 unspecified atom stereocenters. The summed E-state index contributed by atoms with van der Waals surface area (Å²) in [7, 11) is 1.60. The van der Waals surface area contributed by atoms with Gasteiger partial charge in [0, 0.05) is 36.2 Å². The van der Waals surface area contributed by atoms with Gasteiger partial charge in [0.2, 0.25) is 5.91 Å². The molecule has 6 rings (SSSR count). The van der Waals surface area contributed by atoms with Crippen LogP contribution in [0.25, 0.3) is 10.9 Å². The molecule has 2 heterocycles. The Bertz CT molecular complexity index is 1290. The SMILES string of the molecule is CCC(=O)[C@H](C[C@@H]1CCCC1=O)NC(=O)[C@@H]1[C@H]2CC3(CC3)C[C@H]2CN1C(=O)c1cc2c(OC)cccc2[nH]1. The molecule has 202 valence electrons. The fourth-order valence-electron chi connectivity index (χ4n) is 7.53. The number of ether oxygens (including phenoxy) is 1. The molecule has 0 bridgehead atoms. The van der Waals surface area contributed by atoms with E-state index in [1.807, 2.05) is 18.2 Å². The number of H-pyrrole nitrogens is 1. The van der Waals surface area contributed by atoms with Crippen molar-refractivity contribution in [3.63, 3.8) is 0 Å². The maximum Gasteiger partial charge on any atom is 0.271 e. The zero-order valence-electron chi connectivity index (χ0n) is 22.3. The molecule has 3 saturated carbocycles. The first kappa shape index (κ1) is 25.1. The number of methoxy groups -OCH3 is 1. The Morgan fingerprint density at radius 1 is 1.24 bits per heavy atom. The highest BCUT2D eigenvalue weighted by atomic mass is 16.5. The van der Waals surface area contributed by atoms with Gasteiger partial charge in [0.1, 0.15) is 23.3 Å². The smallest absolute Gasteiger partial charge is 0.271 e. The van der Waals surface area contributed by atoms with E-state index in [1.165, 1.54) is 12.8 Å². The Hall–Kier alpha value is -3.16. The van der Waals surface area contributed by atoms with Crippen molar-refractivity contribution in [2.45, 2.75) is 76.8 Å². The largest absolute Gasteiger partial charge is 0.496 e. The normalized spacial score (nSPS) is 28.1. The maximum absolute atomic E-state index is 14.0. The van der Waals surface area contributed by atoms with Crippen LogP contribution in [0.2, 0.25) is 0 Å². The van der Waals surface area contributed by atoms with Gasteiger partial charge in [-0.05, 0) is 80.4 Å². The van der Waals surface area contributed by atoms with E-state index in [0.29, 0.717) is 42.7 Å². The summed E-state index contributed by atoms with van der Waals surface area (Å²) < 4.78 is 5.47. The fraction of sp³-hybridized carbons (Fsp3) is 0.600. The van der Waals surface area contributed by atoms with E-state index in [1.54, 1.807) is 25.0 Å². The van der Waals surface area contributed by atoms with Crippen LogP contribution in [0.3, 0.4) is 0 Å². The predicted molar refractivity (Wildman–Crippen MR) is 142 cm³/mol. The third-order valence-corrected chi connectivity index (χ3v) is 9.71. The summed E-state index contributed by atoms with van der Waals surface area (Å²) in [6.45, 7) is 2.33. The van der Waals surface area contributed by atoms with Crippen molar-refractivity contribution in [2.24, 2.45) is 23.2 Å². The van der Waals surface area contributed by atoms with Crippen molar-refractivity contribution in [1.29, 1.82) is 0 Å². The van der Waals surface area contributed by atoms with Crippen LogP contribution >= 0.6 is 0 Å². The minimum Gasteiger partial charge on any atom is -0.496 e. The standard InChI is InChI=1S/C30H37N3O5/c1-3-24(34)22(12-17-6-4-8-25(17)35)32-28(36)27-20-15-30(10-11-30)14-18(20)16-33(27)29(37)23-13-19-21(31-23)7-5-9-26(19)38-2/h5,7,9,13,17-18,20,22,27,31H,3-4,6,8,10-12,14-16H2,1-2H3,(H,32,36)/t17-,18-,20-,22-,27-/m0/s1. The Morgan fingerprint density at radius 2 is 2.05 bits per heavy atom. The topological polar surface area (TPSA) is 109 Å². The Kier molecular flexibility index (Phi) is 6.31. The van der Waals surface area contributed by atoms with Gasteiger partial charge in [0.15, 0.2) is 5.78 Å². The van der Waals surface area contributed by atoms with Gasteiger partial charge in [-0.15, -0.1) is 0 Å². The molecular formula is C30H37N3O5. The van der Waals surface area contributed by atoms with E-state index in [9.17, 15) is 19.2 Å². The minimum absolute atomic E-state index is 0.0572. The summed E-state index contributed by atoms with van der Waals surface area (Å²) in [6.07, 6.45) is 7.23. The quantitative estimate of drug-likeness (QED) is 0.547. The van der Waals surface area contributed by atoms with Gasteiger partial charge < -0.3 is 19.9 Å². The number of aromatic amines is 1. The van der Waals surface area contributed by atoms with Gasteiger partial charge in [-0.2, -0.15) is 0 Å². The summed E-state index contributed by atoms with van der Waals surface area (Å²) in [5, 5.41) is 3.86. The number of hydrogen-bond acceptors (Lipinski definition) is 5. The third kappa shape index (κ3) is 4.31. The average molecular weight is 520 g/mol. The van der Waals surface area contributed by atoms with Crippen LogP contribution in [0.5, 0.6) is 5.75 Å². The Labute approximate surface area is 222 Å².